The Labute approximate surface area is 138 Å². The molecule has 0 bridgehead atoms. The molecule has 1 rings (SSSR count). The Kier molecular flexibility index (Phi) is 8.04. The van der Waals surface area contributed by atoms with Crippen molar-refractivity contribution in [3.05, 3.63) is 45.6 Å². The number of carbonyl (C=O) groups is 2. The summed E-state index contributed by atoms with van der Waals surface area (Å²) >= 11 is 2.21. The number of hydrogen-bond donors (Lipinski definition) is 0. The maximum Gasteiger partial charge on any atom is 0.313 e. The van der Waals surface area contributed by atoms with E-state index < -0.39 is 0 Å². The smallest absolute Gasteiger partial charge is 0.313 e. The van der Waals surface area contributed by atoms with Gasteiger partial charge in [0.15, 0.2) is 0 Å². The summed E-state index contributed by atoms with van der Waals surface area (Å²) in [6.07, 6.45) is 4.09. The number of allylic oxidation sites excluding steroid dienone is 1. The van der Waals surface area contributed by atoms with E-state index in [1.165, 1.54) is 6.92 Å². The predicted octanol–water partition coefficient (Wildman–Crippen LogP) is 3.45. The summed E-state index contributed by atoms with van der Waals surface area (Å²) < 4.78 is 11.0. The van der Waals surface area contributed by atoms with Gasteiger partial charge in [0.25, 0.3) is 0 Å². The highest BCUT2D eigenvalue weighted by Crippen LogP contribution is 2.26. The fourth-order valence-corrected chi connectivity index (χ4v) is 2.58. The third kappa shape index (κ3) is 6.29. The summed E-state index contributed by atoms with van der Waals surface area (Å²) in [5, 5.41) is 0. The van der Waals surface area contributed by atoms with Crippen LogP contribution in [-0.2, 0) is 19.1 Å². The molecule has 114 valence electrons. The summed E-state index contributed by atoms with van der Waals surface area (Å²) in [6.45, 7) is 3.73. The minimum absolute atomic E-state index is 0.219. The van der Waals surface area contributed by atoms with Gasteiger partial charge in [-0.15, -0.1) is 0 Å². The molecule has 0 heterocycles. The molecule has 0 amide bonds. The van der Waals surface area contributed by atoms with Crippen LogP contribution in [0.1, 0.15) is 31.7 Å². The Morgan fingerprint density at radius 1 is 1.24 bits per heavy atom. The first-order chi connectivity index (χ1) is 10.1. The number of ether oxygens (including phenoxy) is 2. The van der Waals surface area contributed by atoms with E-state index in [1.54, 1.807) is 13.0 Å². The van der Waals surface area contributed by atoms with Crippen LogP contribution < -0.4 is 0 Å². The molecule has 0 spiro atoms. The molecule has 1 atom stereocenters. The molecule has 0 aliphatic rings. The zero-order valence-corrected chi connectivity index (χ0v) is 14.3. The molecule has 5 heteroatoms. The van der Waals surface area contributed by atoms with Gasteiger partial charge < -0.3 is 9.47 Å². The van der Waals surface area contributed by atoms with E-state index in [1.807, 2.05) is 30.3 Å². The molecule has 0 aliphatic heterocycles. The van der Waals surface area contributed by atoms with Gasteiger partial charge in [-0.1, -0.05) is 30.4 Å². The summed E-state index contributed by atoms with van der Waals surface area (Å²) in [6, 6.07) is 7.74. The van der Waals surface area contributed by atoms with Gasteiger partial charge in [0.2, 0.25) is 0 Å². The van der Waals surface area contributed by atoms with Crippen LogP contribution in [0, 0.1) is 3.57 Å². The van der Waals surface area contributed by atoms with Crippen molar-refractivity contribution in [2.24, 2.45) is 0 Å². The first kappa shape index (κ1) is 17.7. The molecule has 0 aromatic heterocycles. The zero-order chi connectivity index (χ0) is 15.7. The van der Waals surface area contributed by atoms with E-state index in [9.17, 15) is 9.59 Å². The summed E-state index contributed by atoms with van der Waals surface area (Å²) in [4.78, 5) is 22.8. The second kappa shape index (κ2) is 9.55. The monoisotopic (exact) mass is 402 g/mol. The van der Waals surface area contributed by atoms with Crippen LogP contribution in [0.3, 0.4) is 0 Å². The average molecular weight is 402 g/mol. The van der Waals surface area contributed by atoms with Crippen molar-refractivity contribution in [3.8, 4) is 0 Å². The van der Waals surface area contributed by atoms with Crippen molar-refractivity contribution >= 4 is 34.5 Å². The van der Waals surface area contributed by atoms with Crippen LogP contribution in [0.2, 0.25) is 0 Å². The number of esters is 2. The van der Waals surface area contributed by atoms with E-state index >= 15 is 0 Å². The summed E-state index contributed by atoms with van der Waals surface area (Å²) in [7, 11) is 0. The lowest BCUT2D eigenvalue weighted by atomic mass is 9.95. The Hall–Kier alpha value is -1.37. The Bertz CT molecular complexity index is 511. The highest BCUT2D eigenvalue weighted by atomic mass is 127. The highest BCUT2D eigenvalue weighted by Gasteiger charge is 2.22. The van der Waals surface area contributed by atoms with E-state index in [-0.39, 0.29) is 24.5 Å². The van der Waals surface area contributed by atoms with Crippen molar-refractivity contribution < 1.29 is 19.1 Å². The molecule has 4 nitrogen and oxygen atoms in total. The van der Waals surface area contributed by atoms with Crippen LogP contribution in [0.4, 0.5) is 0 Å². The third-order valence-electron chi connectivity index (χ3n) is 2.77. The molecular formula is C16H19IO4. The van der Waals surface area contributed by atoms with E-state index in [0.29, 0.717) is 13.0 Å². The van der Waals surface area contributed by atoms with Crippen LogP contribution in [0.25, 0.3) is 0 Å². The first-order valence-electron chi connectivity index (χ1n) is 6.75. The van der Waals surface area contributed by atoms with E-state index in [0.717, 1.165) is 9.13 Å². The minimum Gasteiger partial charge on any atom is -0.466 e. The van der Waals surface area contributed by atoms with Crippen LogP contribution in [-0.4, -0.2) is 25.2 Å². The summed E-state index contributed by atoms with van der Waals surface area (Å²) in [5.41, 5.74) is 0.952. The van der Waals surface area contributed by atoms with Gasteiger partial charge in [0, 0.05) is 10.5 Å². The molecule has 0 radical (unpaired) electrons. The van der Waals surface area contributed by atoms with Crippen molar-refractivity contribution in [1.29, 1.82) is 0 Å². The molecular weight excluding hydrogens is 383 g/mol. The molecule has 1 aromatic carbocycles. The van der Waals surface area contributed by atoms with Gasteiger partial charge in [0.1, 0.15) is 6.61 Å². The molecule has 0 saturated carbocycles. The standard InChI is InChI=1S/C16H19IO4/c1-3-20-16(19)14(9-6-7-11-21-12(2)18)13-8-4-5-10-15(13)17/h4-8,10,14H,3,9,11H2,1-2H3/b7-6-. The normalized spacial score (nSPS) is 12.1. The van der Waals surface area contributed by atoms with Crippen molar-refractivity contribution in [3.63, 3.8) is 0 Å². The number of hydrogen-bond acceptors (Lipinski definition) is 4. The molecule has 0 aliphatic carbocycles. The lowest BCUT2D eigenvalue weighted by Gasteiger charge is -2.15. The molecule has 1 aromatic rings. The number of carbonyl (C=O) groups excluding carboxylic acids is 2. The number of benzene rings is 1. The van der Waals surface area contributed by atoms with Gasteiger partial charge in [-0.3, -0.25) is 9.59 Å². The second-order valence-corrected chi connectivity index (χ2v) is 5.50. The first-order valence-corrected chi connectivity index (χ1v) is 7.83. The van der Waals surface area contributed by atoms with E-state index in [2.05, 4.69) is 22.6 Å². The van der Waals surface area contributed by atoms with Crippen molar-refractivity contribution in [1.82, 2.24) is 0 Å². The van der Waals surface area contributed by atoms with Crippen LogP contribution >= 0.6 is 22.6 Å². The van der Waals surface area contributed by atoms with Crippen LogP contribution in [0.15, 0.2) is 36.4 Å². The lowest BCUT2D eigenvalue weighted by molar-refractivity contribution is -0.145. The van der Waals surface area contributed by atoms with Gasteiger partial charge in [-0.25, -0.2) is 0 Å². The number of halogens is 1. The Morgan fingerprint density at radius 3 is 2.57 bits per heavy atom. The van der Waals surface area contributed by atoms with E-state index in [4.69, 9.17) is 9.47 Å². The molecule has 0 fully saturated rings. The highest BCUT2D eigenvalue weighted by molar-refractivity contribution is 14.1. The third-order valence-corrected chi connectivity index (χ3v) is 3.76. The summed E-state index contributed by atoms with van der Waals surface area (Å²) in [5.74, 6) is -0.899. The second-order valence-electron chi connectivity index (χ2n) is 4.34. The topological polar surface area (TPSA) is 52.6 Å². The van der Waals surface area contributed by atoms with Crippen molar-refractivity contribution in [2.75, 3.05) is 13.2 Å². The molecule has 21 heavy (non-hydrogen) atoms. The quantitative estimate of drug-likeness (QED) is 0.398. The fourth-order valence-electron chi connectivity index (χ4n) is 1.82. The van der Waals surface area contributed by atoms with Crippen LogP contribution in [0.5, 0.6) is 0 Å². The molecule has 0 saturated heterocycles. The SMILES string of the molecule is CCOC(=O)C(C/C=C\COC(C)=O)c1ccccc1I. The maximum atomic E-state index is 12.1. The van der Waals surface area contributed by atoms with Crippen molar-refractivity contribution in [2.45, 2.75) is 26.2 Å². The van der Waals surface area contributed by atoms with Gasteiger partial charge in [-0.2, -0.15) is 0 Å². The zero-order valence-electron chi connectivity index (χ0n) is 12.2. The minimum atomic E-state index is -0.341. The lowest BCUT2D eigenvalue weighted by Crippen LogP contribution is -2.16. The average Bonchev–Trinajstić information content (AvgIpc) is 2.44. The largest absolute Gasteiger partial charge is 0.466 e. The van der Waals surface area contributed by atoms with Gasteiger partial charge in [0.05, 0.1) is 12.5 Å². The molecule has 0 N–H and O–H groups in total. The number of rotatable bonds is 7. The van der Waals surface area contributed by atoms with Gasteiger partial charge in [-0.05, 0) is 47.6 Å². The Morgan fingerprint density at radius 2 is 1.95 bits per heavy atom. The Balaban J connectivity index is 2.77. The van der Waals surface area contributed by atoms with Gasteiger partial charge >= 0.3 is 11.9 Å². The molecule has 1 unspecified atom stereocenters. The fraction of sp³-hybridized carbons (Fsp3) is 0.375. The maximum absolute atomic E-state index is 12.1. The predicted molar refractivity (Wildman–Crippen MR) is 88.9 cm³/mol.